The number of halogens is 2. The summed E-state index contributed by atoms with van der Waals surface area (Å²) in [6.07, 6.45) is 6.59. The van der Waals surface area contributed by atoms with Gasteiger partial charge in [-0.05, 0) is 0 Å². The van der Waals surface area contributed by atoms with E-state index in [1.54, 1.807) is 16.7 Å². The van der Waals surface area contributed by atoms with Gasteiger partial charge in [-0.15, -0.1) is 0 Å². The van der Waals surface area contributed by atoms with Gasteiger partial charge in [-0.1, -0.05) is 0 Å². The molecule has 2 rings (SSSR count). The second-order valence-electron chi connectivity index (χ2n) is 5.56. The van der Waals surface area contributed by atoms with Crippen molar-refractivity contribution in [2.24, 2.45) is 0 Å². The third kappa shape index (κ3) is 5.65. The van der Waals surface area contributed by atoms with Gasteiger partial charge in [0.2, 0.25) is 0 Å². The second-order valence-corrected chi connectivity index (χ2v) is 18.8. The summed E-state index contributed by atoms with van der Waals surface area (Å²) >= 11 is -0.225. The predicted octanol–water partition coefficient (Wildman–Crippen LogP) is -0.831. The molecule has 1 aliphatic rings. The third-order valence-corrected chi connectivity index (χ3v) is 20.6. The Morgan fingerprint density at radius 3 is 2.33 bits per heavy atom. The smallest absolute Gasteiger partial charge is 1.00 e. The molecular formula is C17H26Cl2SiZr. The maximum atomic E-state index is 2.53. The van der Waals surface area contributed by atoms with Gasteiger partial charge in [-0.3, -0.25) is 0 Å². The molecular weight excluding hydrogens is 394 g/mol. The first-order chi connectivity index (χ1) is 9.30. The van der Waals surface area contributed by atoms with E-state index >= 15 is 0 Å². The number of allylic oxidation sites excluding steroid dienone is 1. The molecule has 0 spiro atoms. The van der Waals surface area contributed by atoms with Gasteiger partial charge in [-0.2, -0.15) is 0 Å². The summed E-state index contributed by atoms with van der Waals surface area (Å²) in [5, 5.41) is 0. The summed E-state index contributed by atoms with van der Waals surface area (Å²) in [6, 6.07) is 12.2. The van der Waals surface area contributed by atoms with Crippen LogP contribution >= 0.6 is 0 Å². The Morgan fingerprint density at radius 2 is 1.71 bits per heavy atom. The van der Waals surface area contributed by atoms with Crippen LogP contribution in [0, 0.1) is 0 Å². The number of rotatable bonds is 7. The molecule has 21 heavy (non-hydrogen) atoms. The van der Waals surface area contributed by atoms with Crippen LogP contribution in [0.1, 0.15) is 54.8 Å². The maximum absolute atomic E-state index is 2.53. The standard InChI is InChI=1S/C13H15.C4H11Si.2ClH.Zr/c1-2-3-6-11-9-12-7-4-5-8-13(12)10-11;1-3-5-4-2;;;/h4-5,7-10H,2-3,6H2,1H3;5H,3-4H2,1-2H3;2*1H;/q;;;;+2/p-2. The molecule has 0 bridgehead atoms. The molecule has 1 aromatic rings. The first-order valence-electron chi connectivity index (χ1n) is 7.85. The van der Waals surface area contributed by atoms with E-state index in [1.165, 1.54) is 31.4 Å². The Balaban J connectivity index is 0.00000200. The van der Waals surface area contributed by atoms with E-state index in [-0.39, 0.29) is 53.1 Å². The van der Waals surface area contributed by atoms with Crippen molar-refractivity contribution in [1.82, 2.24) is 0 Å². The van der Waals surface area contributed by atoms with Gasteiger partial charge in [0.1, 0.15) is 0 Å². The molecule has 0 saturated carbocycles. The van der Waals surface area contributed by atoms with Gasteiger partial charge in [0.25, 0.3) is 0 Å². The quantitative estimate of drug-likeness (QED) is 0.505. The Bertz CT molecular complexity index is 444. The summed E-state index contributed by atoms with van der Waals surface area (Å²) in [5.74, 6) is -0.347. The molecule has 1 unspecified atom stereocenters. The molecule has 0 amide bonds. The minimum Gasteiger partial charge on any atom is -1.00 e. The molecule has 0 fully saturated rings. The average Bonchev–Trinajstić information content (AvgIpc) is 2.80. The Kier molecular flexibility index (Phi) is 11.6. The molecule has 116 valence electrons. The average molecular weight is 421 g/mol. The number of benzene rings is 1. The summed E-state index contributed by atoms with van der Waals surface area (Å²) < 4.78 is 0.933. The van der Waals surface area contributed by atoms with Crippen LogP contribution in [0.25, 0.3) is 6.08 Å². The number of hydrogen-bond acceptors (Lipinski definition) is 0. The van der Waals surface area contributed by atoms with Crippen LogP contribution in [-0.4, -0.2) is 5.92 Å². The zero-order valence-corrected chi connectivity index (χ0v) is 18.5. The molecule has 0 aromatic heterocycles. The van der Waals surface area contributed by atoms with Crippen molar-refractivity contribution >= 4 is 12.0 Å². The van der Waals surface area contributed by atoms with Gasteiger partial charge in [0, 0.05) is 0 Å². The largest absolute Gasteiger partial charge is 1.00 e. The van der Waals surface area contributed by atoms with Gasteiger partial charge in [0.05, 0.1) is 0 Å². The van der Waals surface area contributed by atoms with Crippen LogP contribution in [0.4, 0.5) is 0 Å². The van der Waals surface area contributed by atoms with Crippen LogP contribution in [0.15, 0.2) is 29.8 Å². The minimum atomic E-state index is -0.347. The molecule has 0 aliphatic heterocycles. The fourth-order valence-electron chi connectivity index (χ4n) is 2.94. The van der Waals surface area contributed by atoms with Crippen molar-refractivity contribution in [3.63, 3.8) is 0 Å². The van der Waals surface area contributed by atoms with E-state index in [0.29, 0.717) is 0 Å². The Morgan fingerprint density at radius 1 is 1.05 bits per heavy atom. The number of fused-ring (bicyclic) bond motifs is 1. The molecule has 0 radical (unpaired) electrons. The molecule has 1 aliphatic carbocycles. The minimum absolute atomic E-state index is 0. The van der Waals surface area contributed by atoms with Crippen molar-refractivity contribution in [2.45, 2.75) is 55.7 Å². The molecule has 4 heteroatoms. The van der Waals surface area contributed by atoms with E-state index in [9.17, 15) is 0 Å². The topological polar surface area (TPSA) is 0 Å². The zero-order chi connectivity index (χ0) is 13.7. The third-order valence-electron chi connectivity index (χ3n) is 4.23. The van der Waals surface area contributed by atoms with Gasteiger partial charge >= 0.3 is 131 Å². The van der Waals surface area contributed by atoms with Gasteiger partial charge in [0.15, 0.2) is 0 Å². The van der Waals surface area contributed by atoms with Crippen LogP contribution in [0.5, 0.6) is 0 Å². The fraction of sp³-hybridized carbons (Fsp3) is 0.529. The van der Waals surface area contributed by atoms with Gasteiger partial charge < -0.3 is 24.8 Å². The normalized spacial score (nSPS) is 15.6. The van der Waals surface area contributed by atoms with E-state index < -0.39 is 0 Å². The maximum Gasteiger partial charge on any atom is -1.00 e. The van der Waals surface area contributed by atoms with Crippen molar-refractivity contribution < 1.29 is 47.2 Å². The van der Waals surface area contributed by atoms with Crippen molar-refractivity contribution in [3.8, 4) is 0 Å². The molecule has 0 nitrogen and oxygen atoms in total. The van der Waals surface area contributed by atoms with E-state index in [2.05, 4.69) is 51.1 Å². The molecule has 1 aromatic carbocycles. The van der Waals surface area contributed by atoms with Gasteiger partial charge in [-0.25, -0.2) is 0 Å². The Labute approximate surface area is 155 Å². The van der Waals surface area contributed by atoms with Crippen LogP contribution in [-0.2, 0) is 22.4 Å². The van der Waals surface area contributed by atoms with Crippen LogP contribution < -0.4 is 24.8 Å². The number of unbranched alkanes of at least 4 members (excludes halogenated alkanes) is 1. The molecule has 0 N–H and O–H groups in total. The second kappa shape index (κ2) is 11.2. The molecule has 1 atom stereocenters. The number of hydrogen-bond donors (Lipinski definition) is 0. The van der Waals surface area contributed by atoms with Crippen LogP contribution in [0.2, 0.25) is 12.1 Å². The Hall–Kier alpha value is 0.640. The van der Waals surface area contributed by atoms with Crippen molar-refractivity contribution in [2.75, 3.05) is 0 Å². The van der Waals surface area contributed by atoms with E-state index in [1.807, 2.05) is 0 Å². The van der Waals surface area contributed by atoms with Crippen molar-refractivity contribution in [1.29, 1.82) is 0 Å². The first kappa shape index (κ1) is 21.6. The molecule has 0 heterocycles. The zero-order valence-electron chi connectivity index (χ0n) is 13.3. The summed E-state index contributed by atoms with van der Waals surface area (Å²) in [6.45, 7) is 7.20. The molecule has 0 saturated heterocycles. The van der Waals surface area contributed by atoms with E-state index in [4.69, 9.17) is 0 Å². The summed E-state index contributed by atoms with van der Waals surface area (Å²) in [4.78, 5) is 0. The summed E-state index contributed by atoms with van der Waals surface area (Å²) in [7, 11) is 0. The summed E-state index contributed by atoms with van der Waals surface area (Å²) in [5.41, 5.74) is 5.04. The SMILES string of the molecule is CCCCC1=Cc2ccccc2[CH]1[Zr+2][SiH](CC)CC.[Cl-].[Cl-]. The predicted molar refractivity (Wildman–Crippen MR) is 84.8 cm³/mol. The first-order valence-corrected chi connectivity index (χ1v) is 15.7. The van der Waals surface area contributed by atoms with Crippen molar-refractivity contribution in [3.05, 3.63) is 41.0 Å². The van der Waals surface area contributed by atoms with E-state index in [0.717, 1.165) is 3.63 Å². The fourth-order valence-corrected chi connectivity index (χ4v) is 15.9. The monoisotopic (exact) mass is 418 g/mol. The van der Waals surface area contributed by atoms with Crippen LogP contribution in [0.3, 0.4) is 0 Å².